The predicted octanol–water partition coefficient (Wildman–Crippen LogP) is 3.94. The van der Waals surface area contributed by atoms with Crippen molar-refractivity contribution in [3.05, 3.63) is 37.0 Å². The summed E-state index contributed by atoms with van der Waals surface area (Å²) in [5.41, 5.74) is 2.02. The van der Waals surface area contributed by atoms with Crippen LogP contribution >= 0.6 is 0 Å². The molecule has 0 heterocycles. The molecule has 0 unspecified atom stereocenters. The molecule has 0 rings (SSSR count). The van der Waals surface area contributed by atoms with E-state index in [-0.39, 0.29) is 0 Å². The van der Waals surface area contributed by atoms with Gasteiger partial charge in [0, 0.05) is 0 Å². The van der Waals surface area contributed by atoms with Crippen molar-refractivity contribution < 1.29 is 0 Å². The topological polar surface area (TPSA) is 0 Å². The zero-order chi connectivity index (χ0) is 9.40. The molecule has 0 saturated heterocycles. The van der Waals surface area contributed by atoms with Crippen LogP contribution in [0.25, 0.3) is 0 Å². The Morgan fingerprint density at radius 3 is 2.50 bits per heavy atom. The number of hydrogen-bond acceptors (Lipinski definition) is 0. The molecule has 0 amide bonds. The molecule has 0 N–H and O–H groups in total. The van der Waals surface area contributed by atoms with E-state index >= 15 is 0 Å². The summed E-state index contributed by atoms with van der Waals surface area (Å²) >= 11 is 0. The summed E-state index contributed by atoms with van der Waals surface area (Å²) in [5, 5.41) is 0. The maximum absolute atomic E-state index is 7.24. The van der Waals surface area contributed by atoms with Crippen LogP contribution in [0.2, 0.25) is 0 Å². The Kier molecular flexibility index (Phi) is 6.45. The summed E-state index contributed by atoms with van der Waals surface area (Å²) in [5.74, 6) is 0. The van der Waals surface area contributed by atoms with E-state index in [2.05, 4.69) is 13.2 Å². The minimum absolute atomic E-state index is 0.750. The van der Waals surface area contributed by atoms with Gasteiger partial charge in [-0.05, 0) is 45.6 Å². The highest BCUT2D eigenvalue weighted by molar-refractivity contribution is 4.99. The molecule has 2 radical (unpaired) electrons. The van der Waals surface area contributed by atoms with Gasteiger partial charge in [0.05, 0.1) is 0 Å². The number of hydrogen-bond donors (Lipinski definition) is 0. The molecule has 0 atom stereocenters. The second-order valence-electron chi connectivity index (χ2n) is 3.21. The summed E-state index contributed by atoms with van der Waals surface area (Å²) in [6.07, 6.45) is 7.09. The lowest BCUT2D eigenvalue weighted by atomic mass is 10.0. The molecular formula is C12H18. The third kappa shape index (κ3) is 7.33. The average molecular weight is 162 g/mol. The molecule has 0 nitrogen and oxygen atoms in total. The molecule has 0 aromatic heterocycles. The van der Waals surface area contributed by atoms with Gasteiger partial charge in [0.1, 0.15) is 0 Å². The molecule has 0 aliphatic carbocycles. The van der Waals surface area contributed by atoms with E-state index < -0.39 is 0 Å². The first-order valence-electron chi connectivity index (χ1n) is 4.48. The predicted molar refractivity (Wildman–Crippen MR) is 54.9 cm³/mol. The van der Waals surface area contributed by atoms with Gasteiger partial charge in [-0.25, -0.2) is 0 Å². The van der Waals surface area contributed by atoms with Crippen LogP contribution in [0.4, 0.5) is 0 Å². The maximum Gasteiger partial charge on any atom is -0.0111 e. The number of unbranched alkanes of at least 4 members (excludes halogenated alkanes) is 1. The van der Waals surface area contributed by atoms with E-state index in [0.717, 1.165) is 37.7 Å². The van der Waals surface area contributed by atoms with Crippen molar-refractivity contribution in [2.75, 3.05) is 0 Å². The molecule has 0 heteroatoms. The van der Waals surface area contributed by atoms with E-state index in [0.29, 0.717) is 0 Å². The second kappa shape index (κ2) is 6.90. The molecule has 0 aliphatic heterocycles. The normalized spacial score (nSPS) is 9.42. The van der Waals surface area contributed by atoms with Gasteiger partial charge in [-0.15, -0.1) is 6.58 Å². The monoisotopic (exact) mass is 162 g/mol. The molecule has 0 aromatic carbocycles. The van der Waals surface area contributed by atoms with Crippen LogP contribution in [0.5, 0.6) is 0 Å². The van der Waals surface area contributed by atoms with Gasteiger partial charge in [-0.1, -0.05) is 23.8 Å². The first-order chi connectivity index (χ1) is 5.66. The van der Waals surface area contributed by atoms with Crippen molar-refractivity contribution in [3.63, 3.8) is 0 Å². The quantitative estimate of drug-likeness (QED) is 0.393. The molecule has 0 aromatic rings. The summed E-state index contributed by atoms with van der Waals surface area (Å²) in [6.45, 7) is 16.7. The molecule has 0 spiro atoms. The first kappa shape index (κ1) is 11.2. The van der Waals surface area contributed by atoms with E-state index in [1.54, 1.807) is 0 Å². The van der Waals surface area contributed by atoms with Crippen molar-refractivity contribution in [2.24, 2.45) is 0 Å². The van der Waals surface area contributed by atoms with Crippen molar-refractivity contribution in [1.82, 2.24) is 0 Å². The van der Waals surface area contributed by atoms with Crippen molar-refractivity contribution >= 4 is 0 Å². The van der Waals surface area contributed by atoms with Gasteiger partial charge in [0.25, 0.3) is 0 Å². The summed E-state index contributed by atoms with van der Waals surface area (Å²) in [6, 6.07) is 0. The van der Waals surface area contributed by atoms with Gasteiger partial charge in [-0.3, -0.25) is 0 Å². The Hall–Kier alpha value is -0.780. The van der Waals surface area contributed by atoms with Gasteiger partial charge in [-0.2, -0.15) is 0 Å². The van der Waals surface area contributed by atoms with Crippen molar-refractivity contribution in [1.29, 1.82) is 0 Å². The Morgan fingerprint density at radius 2 is 2.00 bits per heavy atom. The van der Waals surface area contributed by atoms with Crippen LogP contribution in [0, 0.1) is 6.58 Å². The highest BCUT2D eigenvalue weighted by Gasteiger charge is 1.94. The molecule has 12 heavy (non-hydrogen) atoms. The van der Waals surface area contributed by atoms with Crippen molar-refractivity contribution in [2.45, 2.75) is 39.0 Å². The van der Waals surface area contributed by atoms with Gasteiger partial charge in [0.15, 0.2) is 0 Å². The average Bonchev–Trinajstić information content (AvgIpc) is 2.01. The Bertz CT molecular complexity index is 163. The summed E-state index contributed by atoms with van der Waals surface area (Å²) < 4.78 is 0. The fraction of sp³-hybridized carbons (Fsp3) is 0.500. The fourth-order valence-electron chi connectivity index (χ4n) is 0.986. The molecule has 0 aliphatic rings. The number of allylic oxidation sites excluding steroid dienone is 3. The largest absolute Gasteiger partial charge is 0.103 e. The molecule has 0 fully saturated rings. The highest BCUT2D eigenvalue weighted by atomic mass is 14.0. The first-order valence-corrected chi connectivity index (χ1v) is 4.48. The van der Waals surface area contributed by atoms with Crippen molar-refractivity contribution in [3.8, 4) is 0 Å². The lowest BCUT2D eigenvalue weighted by Gasteiger charge is -2.03. The highest BCUT2D eigenvalue weighted by Crippen LogP contribution is 2.14. The van der Waals surface area contributed by atoms with Crippen LogP contribution in [0.15, 0.2) is 30.4 Å². The van der Waals surface area contributed by atoms with E-state index in [9.17, 15) is 0 Å². The third-order valence-corrected chi connectivity index (χ3v) is 1.79. The van der Waals surface area contributed by atoms with E-state index in [1.807, 2.05) is 13.0 Å². The van der Waals surface area contributed by atoms with Gasteiger partial charge < -0.3 is 0 Å². The number of rotatable bonds is 7. The Morgan fingerprint density at radius 1 is 1.33 bits per heavy atom. The van der Waals surface area contributed by atoms with Gasteiger partial charge >= 0.3 is 0 Å². The minimum atomic E-state index is 0.750. The minimum Gasteiger partial charge on any atom is -0.103 e. The Balaban J connectivity index is 3.33. The molecule has 0 bridgehead atoms. The molecular weight excluding hydrogens is 144 g/mol. The maximum atomic E-state index is 7.24. The van der Waals surface area contributed by atoms with E-state index in [4.69, 9.17) is 6.58 Å². The van der Waals surface area contributed by atoms with Crippen LogP contribution in [0.3, 0.4) is 0 Å². The zero-order valence-electron chi connectivity index (χ0n) is 8.03. The zero-order valence-corrected chi connectivity index (χ0v) is 8.03. The van der Waals surface area contributed by atoms with E-state index in [1.165, 1.54) is 5.57 Å². The lowest BCUT2D eigenvalue weighted by Crippen LogP contribution is -1.83. The standard InChI is InChI=1S/C12H18/c1-5-6-7-8-12(4)10-9-11(2)3/h5H,1,4,6-10H2,2H3. The SMILES string of the molecule is [C]=C(C)CCC(=C)CCCC=C. The van der Waals surface area contributed by atoms with Crippen LogP contribution in [-0.4, -0.2) is 0 Å². The van der Waals surface area contributed by atoms with Crippen LogP contribution < -0.4 is 0 Å². The van der Waals surface area contributed by atoms with Crippen LogP contribution in [0.1, 0.15) is 39.0 Å². The fourth-order valence-corrected chi connectivity index (χ4v) is 0.986. The van der Waals surface area contributed by atoms with Crippen LogP contribution in [-0.2, 0) is 0 Å². The molecule has 0 saturated carbocycles. The Labute approximate surface area is 76.7 Å². The second-order valence-corrected chi connectivity index (χ2v) is 3.21. The van der Waals surface area contributed by atoms with Gasteiger partial charge in [0.2, 0.25) is 0 Å². The summed E-state index contributed by atoms with van der Waals surface area (Å²) in [4.78, 5) is 0. The summed E-state index contributed by atoms with van der Waals surface area (Å²) in [7, 11) is 0. The smallest absolute Gasteiger partial charge is 0.0111 e. The molecule has 66 valence electrons. The lowest BCUT2D eigenvalue weighted by molar-refractivity contribution is 0.780. The third-order valence-electron chi connectivity index (χ3n) is 1.79.